The van der Waals surface area contributed by atoms with Crippen LogP contribution in [0.2, 0.25) is 0 Å². The molecule has 3 nitrogen and oxygen atoms in total. The highest BCUT2D eigenvalue weighted by Crippen LogP contribution is 2.20. The van der Waals surface area contributed by atoms with Gasteiger partial charge in [0.2, 0.25) is 0 Å². The molecular formula is C12H16N2OS. The van der Waals surface area contributed by atoms with E-state index in [1.54, 1.807) is 13.0 Å². The number of carbonyl (C=O) groups is 1. The van der Waals surface area contributed by atoms with E-state index in [-0.39, 0.29) is 5.12 Å². The van der Waals surface area contributed by atoms with E-state index < -0.39 is 0 Å². The van der Waals surface area contributed by atoms with Crippen LogP contribution in [0.1, 0.15) is 18.9 Å². The van der Waals surface area contributed by atoms with Crippen LogP contribution < -0.4 is 11.5 Å². The molecule has 0 atom stereocenters. The maximum atomic E-state index is 10.7. The standard InChI is InChI=1S/C12H16N2OS/c1-9(15)16-8-3-2-5-10-6-4-7-11(13)12(10)14/h2,4-7H,3,8,13-14H2,1H3. The zero-order valence-corrected chi connectivity index (χ0v) is 10.1. The summed E-state index contributed by atoms with van der Waals surface area (Å²) < 4.78 is 0. The highest BCUT2D eigenvalue weighted by molar-refractivity contribution is 8.13. The van der Waals surface area contributed by atoms with Crippen molar-refractivity contribution < 1.29 is 4.79 Å². The molecule has 0 heterocycles. The number of hydrogen-bond acceptors (Lipinski definition) is 4. The number of allylic oxidation sites excluding steroid dienone is 1. The fraction of sp³-hybridized carbons (Fsp3) is 0.250. The number of thioether (sulfide) groups is 1. The van der Waals surface area contributed by atoms with Crippen molar-refractivity contribution in [2.45, 2.75) is 13.3 Å². The quantitative estimate of drug-likeness (QED) is 0.622. The van der Waals surface area contributed by atoms with Crippen LogP contribution in [0.3, 0.4) is 0 Å². The van der Waals surface area contributed by atoms with Crippen LogP contribution in [0.15, 0.2) is 24.3 Å². The Morgan fingerprint density at radius 2 is 2.19 bits per heavy atom. The molecule has 0 radical (unpaired) electrons. The lowest BCUT2D eigenvalue weighted by atomic mass is 10.1. The zero-order chi connectivity index (χ0) is 12.0. The number of para-hydroxylation sites is 1. The SMILES string of the molecule is CC(=O)SCCC=Cc1cccc(N)c1N. The Hall–Kier alpha value is -1.42. The van der Waals surface area contributed by atoms with Gasteiger partial charge in [-0.3, -0.25) is 4.79 Å². The van der Waals surface area contributed by atoms with Crippen molar-refractivity contribution in [1.29, 1.82) is 0 Å². The molecule has 0 saturated heterocycles. The normalized spacial score (nSPS) is 10.8. The summed E-state index contributed by atoms with van der Waals surface area (Å²) in [5, 5.41) is 0.150. The Kier molecular flexibility index (Phi) is 4.92. The van der Waals surface area contributed by atoms with Crippen LogP contribution >= 0.6 is 11.8 Å². The van der Waals surface area contributed by atoms with Gasteiger partial charge in [0.05, 0.1) is 11.4 Å². The van der Waals surface area contributed by atoms with Crippen LogP contribution in [-0.4, -0.2) is 10.9 Å². The molecule has 86 valence electrons. The molecule has 0 saturated carbocycles. The largest absolute Gasteiger partial charge is 0.397 e. The third-order valence-electron chi connectivity index (χ3n) is 2.06. The smallest absolute Gasteiger partial charge is 0.185 e. The minimum absolute atomic E-state index is 0.150. The van der Waals surface area contributed by atoms with E-state index in [2.05, 4.69) is 0 Å². The summed E-state index contributed by atoms with van der Waals surface area (Å²) in [5.41, 5.74) is 13.6. The lowest BCUT2D eigenvalue weighted by Crippen LogP contribution is -1.96. The minimum Gasteiger partial charge on any atom is -0.397 e. The highest BCUT2D eigenvalue weighted by Gasteiger charge is 1.97. The molecule has 0 fully saturated rings. The Bertz CT molecular complexity index is 402. The summed E-state index contributed by atoms with van der Waals surface area (Å²) in [5.74, 6) is 0.800. The molecule has 0 unspecified atom stereocenters. The van der Waals surface area contributed by atoms with Gasteiger partial charge in [-0.1, -0.05) is 36.0 Å². The van der Waals surface area contributed by atoms with Crippen molar-refractivity contribution in [2.75, 3.05) is 17.2 Å². The second kappa shape index (κ2) is 6.23. The highest BCUT2D eigenvalue weighted by atomic mass is 32.2. The molecule has 1 aromatic carbocycles. The van der Waals surface area contributed by atoms with Gasteiger partial charge < -0.3 is 11.5 Å². The van der Waals surface area contributed by atoms with E-state index in [9.17, 15) is 4.79 Å². The first-order valence-corrected chi connectivity index (χ1v) is 6.03. The number of hydrogen-bond donors (Lipinski definition) is 2. The Morgan fingerprint density at radius 1 is 1.44 bits per heavy atom. The molecule has 0 amide bonds. The van der Waals surface area contributed by atoms with Crippen molar-refractivity contribution in [3.63, 3.8) is 0 Å². The van der Waals surface area contributed by atoms with Crippen molar-refractivity contribution in [3.8, 4) is 0 Å². The minimum atomic E-state index is 0.150. The lowest BCUT2D eigenvalue weighted by molar-refractivity contribution is -0.109. The zero-order valence-electron chi connectivity index (χ0n) is 9.27. The van der Waals surface area contributed by atoms with Gasteiger partial charge >= 0.3 is 0 Å². The third-order valence-corrected chi connectivity index (χ3v) is 2.91. The van der Waals surface area contributed by atoms with Crippen molar-refractivity contribution >= 4 is 34.3 Å². The first-order chi connectivity index (χ1) is 7.61. The van der Waals surface area contributed by atoms with E-state index in [4.69, 9.17) is 11.5 Å². The van der Waals surface area contributed by atoms with Crippen LogP contribution in [0, 0.1) is 0 Å². The third kappa shape index (κ3) is 3.98. The first kappa shape index (κ1) is 12.6. The molecule has 0 aliphatic carbocycles. The summed E-state index contributed by atoms with van der Waals surface area (Å²) in [6.45, 7) is 1.57. The first-order valence-electron chi connectivity index (χ1n) is 5.05. The molecule has 16 heavy (non-hydrogen) atoms. The second-order valence-electron chi connectivity index (χ2n) is 3.38. The molecular weight excluding hydrogens is 220 g/mol. The number of anilines is 2. The molecule has 1 aromatic rings. The Balaban J connectivity index is 2.50. The molecule has 0 bridgehead atoms. The number of nitrogens with two attached hydrogens (primary N) is 2. The van der Waals surface area contributed by atoms with Crippen LogP contribution in [0.5, 0.6) is 0 Å². The molecule has 4 heteroatoms. The molecule has 0 aromatic heterocycles. The maximum Gasteiger partial charge on any atom is 0.185 e. The maximum absolute atomic E-state index is 10.7. The van der Waals surface area contributed by atoms with Gasteiger partial charge in [-0.2, -0.15) is 0 Å². The number of benzene rings is 1. The van der Waals surface area contributed by atoms with Crippen molar-refractivity contribution in [2.24, 2.45) is 0 Å². The predicted octanol–water partition coefficient (Wildman–Crippen LogP) is 2.53. The van der Waals surface area contributed by atoms with Gasteiger partial charge in [0.1, 0.15) is 0 Å². The van der Waals surface area contributed by atoms with Gasteiger partial charge in [-0.05, 0) is 18.1 Å². The van der Waals surface area contributed by atoms with Gasteiger partial charge in [0, 0.05) is 12.7 Å². The fourth-order valence-electron chi connectivity index (χ4n) is 1.23. The summed E-state index contributed by atoms with van der Waals surface area (Å²) in [7, 11) is 0. The average molecular weight is 236 g/mol. The van der Waals surface area contributed by atoms with Crippen LogP contribution in [-0.2, 0) is 4.79 Å². The lowest BCUT2D eigenvalue weighted by Gasteiger charge is -2.03. The van der Waals surface area contributed by atoms with E-state index in [0.717, 1.165) is 17.7 Å². The molecule has 0 aliphatic rings. The number of nitrogen functional groups attached to an aromatic ring is 2. The van der Waals surface area contributed by atoms with Gasteiger partial charge in [0.25, 0.3) is 0 Å². The molecule has 0 aliphatic heterocycles. The molecule has 1 rings (SSSR count). The van der Waals surface area contributed by atoms with E-state index in [1.165, 1.54) is 11.8 Å². The number of rotatable bonds is 4. The Labute approximate surface area is 99.9 Å². The number of carbonyl (C=O) groups excluding carboxylic acids is 1. The van der Waals surface area contributed by atoms with Crippen LogP contribution in [0.4, 0.5) is 11.4 Å². The van der Waals surface area contributed by atoms with Gasteiger partial charge in [-0.25, -0.2) is 0 Å². The van der Waals surface area contributed by atoms with Crippen molar-refractivity contribution in [1.82, 2.24) is 0 Å². The van der Waals surface area contributed by atoms with E-state index in [0.29, 0.717) is 11.4 Å². The average Bonchev–Trinajstić information content (AvgIpc) is 2.23. The van der Waals surface area contributed by atoms with E-state index in [1.807, 2.05) is 24.3 Å². The summed E-state index contributed by atoms with van der Waals surface area (Å²) >= 11 is 1.33. The van der Waals surface area contributed by atoms with E-state index >= 15 is 0 Å². The Morgan fingerprint density at radius 3 is 2.88 bits per heavy atom. The molecule has 4 N–H and O–H groups in total. The summed E-state index contributed by atoms with van der Waals surface area (Å²) in [6, 6.07) is 5.56. The molecule has 0 spiro atoms. The summed E-state index contributed by atoms with van der Waals surface area (Å²) in [4.78, 5) is 10.7. The summed E-state index contributed by atoms with van der Waals surface area (Å²) in [6.07, 6.45) is 4.78. The topological polar surface area (TPSA) is 69.1 Å². The monoisotopic (exact) mass is 236 g/mol. The second-order valence-corrected chi connectivity index (χ2v) is 4.65. The van der Waals surface area contributed by atoms with Gasteiger partial charge in [-0.15, -0.1) is 0 Å². The predicted molar refractivity (Wildman–Crippen MR) is 72.1 cm³/mol. The van der Waals surface area contributed by atoms with Crippen LogP contribution in [0.25, 0.3) is 6.08 Å². The fourth-order valence-corrected chi connectivity index (χ4v) is 1.77. The van der Waals surface area contributed by atoms with Gasteiger partial charge in [0.15, 0.2) is 5.12 Å². The van der Waals surface area contributed by atoms with Crippen molar-refractivity contribution in [3.05, 3.63) is 29.8 Å².